The molecule has 3 aromatic carbocycles. The first-order valence-corrected chi connectivity index (χ1v) is 10.3. The van der Waals surface area contributed by atoms with Crippen molar-refractivity contribution in [2.75, 3.05) is 18.1 Å². The molecule has 0 aliphatic carbocycles. The highest BCUT2D eigenvalue weighted by Gasteiger charge is 2.30. The smallest absolute Gasteiger partial charge is 0.265 e. The molecule has 0 amide bonds. The van der Waals surface area contributed by atoms with Crippen molar-refractivity contribution in [3.8, 4) is 5.75 Å². The van der Waals surface area contributed by atoms with E-state index in [-0.39, 0.29) is 11.6 Å². The molecule has 6 heteroatoms. The highest BCUT2D eigenvalue weighted by molar-refractivity contribution is 7.92. The number of para-hydroxylation sites is 1. The summed E-state index contributed by atoms with van der Waals surface area (Å²) in [6, 6.07) is 21.9. The van der Waals surface area contributed by atoms with Crippen LogP contribution in [0.25, 0.3) is 0 Å². The maximum absolute atomic E-state index is 13.2. The molecule has 142 valence electrons. The molecule has 1 aliphatic heterocycles. The predicted molar refractivity (Wildman–Crippen MR) is 111 cm³/mol. The highest BCUT2D eigenvalue weighted by atomic mass is 32.2. The van der Waals surface area contributed by atoms with Gasteiger partial charge in [0.1, 0.15) is 12.4 Å². The lowest BCUT2D eigenvalue weighted by Crippen LogP contribution is -2.35. The SMILES string of the molecule is COc1ccc(C2=NCN(S(=O)(=O)c3ccc(C)cc3)c3ccccc32)cc1. The van der Waals surface area contributed by atoms with Crippen molar-refractivity contribution in [1.29, 1.82) is 0 Å². The van der Waals surface area contributed by atoms with E-state index in [1.54, 1.807) is 31.4 Å². The first-order valence-electron chi connectivity index (χ1n) is 8.88. The van der Waals surface area contributed by atoms with E-state index in [4.69, 9.17) is 4.74 Å². The van der Waals surface area contributed by atoms with Crippen LogP contribution in [-0.2, 0) is 10.0 Å². The van der Waals surface area contributed by atoms with Gasteiger partial charge in [-0.1, -0.05) is 35.9 Å². The fraction of sp³-hybridized carbons (Fsp3) is 0.136. The molecule has 1 heterocycles. The molecule has 28 heavy (non-hydrogen) atoms. The fourth-order valence-electron chi connectivity index (χ4n) is 3.23. The third kappa shape index (κ3) is 3.16. The minimum atomic E-state index is -3.70. The Hall–Kier alpha value is -3.12. The number of hydrogen-bond donors (Lipinski definition) is 0. The van der Waals surface area contributed by atoms with Gasteiger partial charge in [-0.25, -0.2) is 12.7 Å². The van der Waals surface area contributed by atoms with Gasteiger partial charge in [0.2, 0.25) is 0 Å². The number of ether oxygens (including phenoxy) is 1. The number of anilines is 1. The molecule has 0 fully saturated rings. The molecule has 0 unspecified atom stereocenters. The lowest BCUT2D eigenvalue weighted by molar-refractivity contribution is 0.415. The minimum absolute atomic E-state index is 0.0363. The summed E-state index contributed by atoms with van der Waals surface area (Å²) in [4.78, 5) is 4.87. The third-order valence-electron chi connectivity index (χ3n) is 4.76. The second-order valence-corrected chi connectivity index (χ2v) is 8.42. The number of fused-ring (bicyclic) bond motifs is 1. The van der Waals surface area contributed by atoms with Gasteiger partial charge in [-0.15, -0.1) is 0 Å². The van der Waals surface area contributed by atoms with E-state index in [0.717, 1.165) is 28.2 Å². The number of nitrogens with zero attached hydrogens (tertiary/aromatic N) is 2. The molecule has 0 bridgehead atoms. The van der Waals surface area contributed by atoms with Gasteiger partial charge < -0.3 is 4.74 Å². The van der Waals surface area contributed by atoms with E-state index in [9.17, 15) is 8.42 Å². The average Bonchev–Trinajstić information content (AvgIpc) is 2.73. The molecule has 3 aromatic rings. The summed E-state index contributed by atoms with van der Waals surface area (Å²) in [5, 5.41) is 0. The number of rotatable bonds is 4. The van der Waals surface area contributed by atoms with Crippen molar-refractivity contribution in [3.05, 3.63) is 89.5 Å². The fourth-order valence-corrected chi connectivity index (χ4v) is 4.59. The molecule has 0 saturated heterocycles. The topological polar surface area (TPSA) is 59.0 Å². The Kier molecular flexibility index (Phi) is 4.65. The summed E-state index contributed by atoms with van der Waals surface area (Å²) in [6.45, 7) is 1.96. The lowest BCUT2D eigenvalue weighted by atomic mass is 9.99. The summed E-state index contributed by atoms with van der Waals surface area (Å²) in [7, 11) is -2.08. The predicted octanol–water partition coefficient (Wildman–Crippen LogP) is 4.01. The van der Waals surface area contributed by atoms with Gasteiger partial charge in [0, 0.05) is 11.1 Å². The maximum atomic E-state index is 13.2. The summed E-state index contributed by atoms with van der Waals surface area (Å²) >= 11 is 0. The third-order valence-corrected chi connectivity index (χ3v) is 6.52. The second kappa shape index (κ2) is 7.13. The molecule has 0 saturated carbocycles. The Labute approximate surface area is 165 Å². The van der Waals surface area contributed by atoms with E-state index in [1.807, 2.05) is 55.5 Å². The maximum Gasteiger partial charge on any atom is 0.265 e. The molecule has 0 spiro atoms. The van der Waals surface area contributed by atoms with E-state index in [1.165, 1.54) is 4.31 Å². The molecule has 0 atom stereocenters. The zero-order chi connectivity index (χ0) is 19.7. The van der Waals surface area contributed by atoms with E-state index in [0.29, 0.717) is 5.69 Å². The first-order chi connectivity index (χ1) is 13.5. The van der Waals surface area contributed by atoms with Crippen LogP contribution in [0.1, 0.15) is 16.7 Å². The van der Waals surface area contributed by atoms with Crippen LogP contribution in [0.5, 0.6) is 5.75 Å². The quantitative estimate of drug-likeness (QED) is 0.674. The van der Waals surface area contributed by atoms with E-state index in [2.05, 4.69) is 4.99 Å². The monoisotopic (exact) mass is 392 g/mol. The van der Waals surface area contributed by atoms with Crippen LogP contribution in [0.3, 0.4) is 0 Å². The van der Waals surface area contributed by atoms with Gasteiger partial charge in [-0.3, -0.25) is 4.99 Å². The van der Waals surface area contributed by atoms with Crippen molar-refractivity contribution in [2.45, 2.75) is 11.8 Å². The Bertz CT molecular complexity index is 1140. The van der Waals surface area contributed by atoms with Crippen LogP contribution < -0.4 is 9.04 Å². The number of benzene rings is 3. The van der Waals surface area contributed by atoms with Crippen molar-refractivity contribution in [3.63, 3.8) is 0 Å². The van der Waals surface area contributed by atoms with Gasteiger partial charge in [-0.05, 0) is 49.4 Å². The molecule has 1 aliphatic rings. The summed E-state index contributed by atoms with van der Waals surface area (Å²) in [6.07, 6.45) is 0. The number of methoxy groups -OCH3 is 1. The number of aryl methyl sites for hydroxylation is 1. The summed E-state index contributed by atoms with van der Waals surface area (Å²) in [5.74, 6) is 0.761. The first kappa shape index (κ1) is 18.3. The molecule has 4 rings (SSSR count). The summed E-state index contributed by atoms with van der Waals surface area (Å²) in [5.41, 5.74) is 4.12. The van der Waals surface area contributed by atoms with Crippen LogP contribution in [0.15, 0.2) is 82.7 Å². The second-order valence-electron chi connectivity index (χ2n) is 6.56. The van der Waals surface area contributed by atoms with Gasteiger partial charge >= 0.3 is 0 Å². The van der Waals surface area contributed by atoms with E-state index >= 15 is 0 Å². The Morgan fingerprint density at radius 1 is 0.929 bits per heavy atom. The van der Waals surface area contributed by atoms with Gasteiger partial charge in [0.15, 0.2) is 0 Å². The van der Waals surface area contributed by atoms with Crippen LogP contribution in [0.2, 0.25) is 0 Å². The van der Waals surface area contributed by atoms with Crippen molar-refractivity contribution >= 4 is 21.4 Å². The van der Waals surface area contributed by atoms with Crippen LogP contribution >= 0.6 is 0 Å². The Balaban J connectivity index is 1.78. The van der Waals surface area contributed by atoms with Crippen LogP contribution in [0.4, 0.5) is 5.69 Å². The Morgan fingerprint density at radius 3 is 2.29 bits per heavy atom. The molecule has 5 nitrogen and oxygen atoms in total. The van der Waals surface area contributed by atoms with Crippen molar-refractivity contribution in [2.24, 2.45) is 4.99 Å². The van der Waals surface area contributed by atoms with Gasteiger partial charge in [-0.2, -0.15) is 0 Å². The molecule has 0 radical (unpaired) electrons. The molecular weight excluding hydrogens is 372 g/mol. The Morgan fingerprint density at radius 2 is 1.61 bits per heavy atom. The normalized spacial score (nSPS) is 13.6. The number of aliphatic imine (C=N–C) groups is 1. The lowest BCUT2D eigenvalue weighted by Gasteiger charge is -2.29. The average molecular weight is 392 g/mol. The standard InChI is InChI=1S/C22H20N2O3S/c1-16-7-13-19(14-8-16)28(25,26)24-15-23-22(20-5-3-4-6-21(20)24)17-9-11-18(27-2)12-10-17/h3-14H,15H2,1-2H3. The van der Waals surface area contributed by atoms with Crippen molar-refractivity contribution < 1.29 is 13.2 Å². The van der Waals surface area contributed by atoms with E-state index < -0.39 is 10.0 Å². The molecular formula is C22H20N2O3S. The van der Waals surface area contributed by atoms with Crippen LogP contribution in [-0.4, -0.2) is 27.9 Å². The van der Waals surface area contributed by atoms with Gasteiger partial charge in [0.05, 0.1) is 23.4 Å². The number of hydrogen-bond acceptors (Lipinski definition) is 4. The van der Waals surface area contributed by atoms with Crippen molar-refractivity contribution in [1.82, 2.24) is 0 Å². The summed E-state index contributed by atoms with van der Waals surface area (Å²) < 4.78 is 33.0. The number of sulfonamides is 1. The highest BCUT2D eigenvalue weighted by Crippen LogP contribution is 2.32. The largest absolute Gasteiger partial charge is 0.497 e. The zero-order valence-electron chi connectivity index (χ0n) is 15.7. The molecule has 0 aromatic heterocycles. The zero-order valence-corrected chi connectivity index (χ0v) is 16.5. The molecule has 0 N–H and O–H groups in total. The van der Waals surface area contributed by atoms with Gasteiger partial charge in [0.25, 0.3) is 10.0 Å². The van der Waals surface area contributed by atoms with Crippen LogP contribution in [0, 0.1) is 6.92 Å². The minimum Gasteiger partial charge on any atom is -0.497 e.